The molecule has 18 heteroatoms. The van der Waals surface area contributed by atoms with Crippen LogP contribution in [-0.2, 0) is 37.7 Å². The molecule has 6 N–H and O–H groups in total. The van der Waals surface area contributed by atoms with Crippen molar-refractivity contribution in [3.63, 3.8) is 0 Å². The van der Waals surface area contributed by atoms with Gasteiger partial charge >= 0.3 is 6.09 Å². The summed E-state index contributed by atoms with van der Waals surface area (Å²) in [7, 11) is 10.8. The maximum absolute atomic E-state index is 13.4. The molecule has 4 aliphatic rings. The molecule has 0 unspecified atom stereocenters. The number of amides is 6. The van der Waals surface area contributed by atoms with Crippen LogP contribution in [0.3, 0.4) is 0 Å². The van der Waals surface area contributed by atoms with Crippen LogP contribution in [0, 0.1) is 46.3 Å². The fourth-order valence-corrected chi connectivity index (χ4v) is 14.5. The van der Waals surface area contributed by atoms with E-state index in [1.54, 1.807) is 102 Å². The van der Waals surface area contributed by atoms with Crippen molar-refractivity contribution in [2.45, 2.75) is 118 Å². The van der Waals surface area contributed by atoms with Crippen molar-refractivity contribution in [1.82, 2.24) is 34.2 Å². The fourth-order valence-electron chi connectivity index (χ4n) is 14.5. The molecule has 4 aliphatic carbocycles. The lowest BCUT2D eigenvalue weighted by atomic mass is 9.47. The second-order valence-electron chi connectivity index (χ2n) is 25.3. The minimum Gasteiger partial charge on any atom is -0.446 e. The van der Waals surface area contributed by atoms with Crippen molar-refractivity contribution >= 4 is 52.7 Å². The number of fused-ring (bicyclic) bond motifs is 5. The summed E-state index contributed by atoms with van der Waals surface area (Å²) in [5, 5.41) is 17.2. The summed E-state index contributed by atoms with van der Waals surface area (Å²) in [6, 6.07) is 8.15. The summed E-state index contributed by atoms with van der Waals surface area (Å²) in [5.74, 6) is 3.06. The minimum absolute atomic E-state index is 0.104. The van der Waals surface area contributed by atoms with Crippen LogP contribution in [-0.4, -0.2) is 111 Å². The summed E-state index contributed by atoms with van der Waals surface area (Å²) in [6.45, 7) is 14.2. The number of rotatable bonds is 22. The Morgan fingerprint density at radius 2 is 1.27 bits per heavy atom. The van der Waals surface area contributed by atoms with E-state index >= 15 is 0 Å². The number of likely N-dealkylation sites (N-methyl/N-ethyl adjacent to an activating group) is 1. The number of hydrogen-bond donors (Lipinski definition) is 6. The Hall–Kier alpha value is -6.56. The van der Waals surface area contributed by atoms with E-state index < -0.39 is 11.8 Å². The van der Waals surface area contributed by atoms with E-state index in [0.717, 1.165) is 54.8 Å². The van der Waals surface area contributed by atoms with Crippen molar-refractivity contribution in [1.29, 1.82) is 0 Å². The number of aryl methyl sites for hydroxylation is 4. The first-order valence-corrected chi connectivity index (χ1v) is 29.0. The molecule has 4 aromatic heterocycles. The summed E-state index contributed by atoms with van der Waals surface area (Å²) in [4.78, 5) is 78.6. The Kier molecular flexibility index (Phi) is 18.1. The van der Waals surface area contributed by atoms with Gasteiger partial charge in [-0.2, -0.15) is 0 Å². The van der Waals surface area contributed by atoms with Crippen molar-refractivity contribution in [2.75, 3.05) is 62.8 Å². The topological polar surface area (TPSA) is 204 Å². The van der Waals surface area contributed by atoms with Crippen LogP contribution in [0.4, 0.5) is 21.9 Å². The number of nitrogens with zero attached hydrogens (tertiary/aromatic N) is 5. The molecule has 0 saturated heterocycles. The molecule has 430 valence electrons. The van der Waals surface area contributed by atoms with Gasteiger partial charge in [0, 0.05) is 85.5 Å². The summed E-state index contributed by atoms with van der Waals surface area (Å²) < 4.78 is 13.0. The number of aromatic nitrogens is 4. The number of carbonyl (C=O) groups is 6. The predicted octanol–water partition coefficient (Wildman–Crippen LogP) is 9.25. The molecule has 0 bridgehead atoms. The summed E-state index contributed by atoms with van der Waals surface area (Å²) in [6.07, 6.45) is 23.0. The Balaban J connectivity index is 0.704. The molecule has 79 heavy (non-hydrogen) atoms. The first-order chi connectivity index (χ1) is 37.4. The highest BCUT2D eigenvalue weighted by atomic mass is 16.6. The Morgan fingerprint density at radius 1 is 0.671 bits per heavy atom. The third kappa shape index (κ3) is 13.6. The summed E-state index contributed by atoms with van der Waals surface area (Å²) in [5.41, 5.74) is 4.77. The number of hydrogen-bond acceptors (Lipinski definition) is 7. The SMILES string of the molecule is CC(C)CCC[C@@H](C)[C@H]1CC[C@H]2[C@@H]3CC=C4C[C@@H](OC(=O)NCCC[N+](C)(C)CC(=O)NCCNC(=O)c5cc(NC(=O)c6cc(NC(=O)c7cc(NC(=O)c8cccn8C)cn7C)cn6C)cn5C)CC[C@]4(C)[C@H]3CC[C@]12C. The van der Waals surface area contributed by atoms with Crippen molar-refractivity contribution in [3.8, 4) is 0 Å². The first kappa shape index (κ1) is 58.6. The maximum Gasteiger partial charge on any atom is 0.407 e. The predicted molar refractivity (Wildman–Crippen MR) is 309 cm³/mol. The number of ether oxygens (including phenoxy) is 1. The zero-order valence-corrected chi connectivity index (χ0v) is 48.9. The molecule has 4 aromatic rings. The Labute approximate surface area is 467 Å². The number of quaternary nitrogens is 1. The van der Waals surface area contributed by atoms with Gasteiger partial charge in [0.25, 0.3) is 29.5 Å². The van der Waals surface area contributed by atoms with Crippen molar-refractivity contribution in [3.05, 3.63) is 89.5 Å². The van der Waals surface area contributed by atoms with E-state index in [4.69, 9.17) is 4.74 Å². The number of nitrogens with one attached hydrogen (secondary N) is 6. The largest absolute Gasteiger partial charge is 0.446 e. The van der Waals surface area contributed by atoms with E-state index in [0.29, 0.717) is 63.6 Å². The van der Waals surface area contributed by atoms with Crippen LogP contribution < -0.4 is 31.9 Å². The number of allylic oxidation sites excluding steroid dienone is 1. The number of anilines is 3. The zero-order valence-electron chi connectivity index (χ0n) is 48.9. The van der Waals surface area contributed by atoms with Gasteiger partial charge in [-0.1, -0.05) is 65.5 Å². The first-order valence-electron chi connectivity index (χ1n) is 29.0. The molecule has 4 heterocycles. The highest BCUT2D eigenvalue weighted by Gasteiger charge is 2.59. The summed E-state index contributed by atoms with van der Waals surface area (Å²) >= 11 is 0. The van der Waals surface area contributed by atoms with Gasteiger partial charge in [0.1, 0.15) is 28.9 Å². The third-order valence-electron chi connectivity index (χ3n) is 18.7. The molecule has 0 spiro atoms. The molecule has 8 rings (SSSR count). The molecular formula is C61H90N11O7+. The van der Waals surface area contributed by atoms with Gasteiger partial charge < -0.3 is 59.4 Å². The monoisotopic (exact) mass is 1090 g/mol. The van der Waals surface area contributed by atoms with Gasteiger partial charge in [-0.3, -0.25) is 24.0 Å². The molecule has 0 aliphatic heterocycles. The lowest BCUT2D eigenvalue weighted by molar-refractivity contribution is -0.882. The number of carbonyl (C=O) groups excluding carboxylic acids is 6. The zero-order chi connectivity index (χ0) is 57.0. The van der Waals surface area contributed by atoms with Gasteiger partial charge in [-0.15, -0.1) is 0 Å². The van der Waals surface area contributed by atoms with Gasteiger partial charge in [0.15, 0.2) is 6.54 Å². The quantitative estimate of drug-likeness (QED) is 0.0256. The Bertz CT molecular complexity index is 2900. The van der Waals surface area contributed by atoms with E-state index in [1.807, 2.05) is 14.1 Å². The highest BCUT2D eigenvalue weighted by molar-refractivity contribution is 6.08. The van der Waals surface area contributed by atoms with Crippen LogP contribution in [0.25, 0.3) is 0 Å². The third-order valence-corrected chi connectivity index (χ3v) is 18.7. The standard InChI is InChI=1S/C61H89N11O7/c1-39(2)15-12-16-40(3)47-20-21-48-46-19-18-41-31-45(22-24-60(41,4)49(46)23-25-61(47,48)5)79-59(78)64-26-14-30-72(10,11)38-54(73)62-27-28-63-55(74)51-32-42(35-69(51)7)66-57(76)53-34-44(37-71(53)9)67-58(77)52-33-43(36-70(52)8)65-56(75)50-17-13-29-68(50)6/h13,17-18,29,32-37,39-40,45-49H,12,14-16,19-28,30-31,38H2,1-11H3,(H5-,62,63,64,65,66,67,73,74,75,76,77,78)/p+1/t40-,45+,46+,47-,48+,49+,60+,61-/m1/s1. The second kappa shape index (κ2) is 24.4. The molecule has 0 aromatic carbocycles. The van der Waals surface area contributed by atoms with Gasteiger partial charge in [0.05, 0.1) is 37.7 Å². The van der Waals surface area contributed by atoms with Crippen LogP contribution in [0.1, 0.15) is 154 Å². The van der Waals surface area contributed by atoms with Gasteiger partial charge in [-0.25, -0.2) is 4.79 Å². The molecule has 18 nitrogen and oxygen atoms in total. The normalized spacial score (nSPS) is 23.8. The average Bonchev–Trinajstić information content (AvgIpc) is 4.42. The molecule has 8 atom stereocenters. The van der Waals surface area contributed by atoms with Crippen LogP contribution in [0.15, 0.2) is 66.8 Å². The lowest BCUT2D eigenvalue weighted by Crippen LogP contribution is -2.51. The second-order valence-corrected chi connectivity index (χ2v) is 25.3. The van der Waals surface area contributed by atoms with E-state index in [1.165, 1.54) is 56.9 Å². The van der Waals surface area contributed by atoms with Gasteiger partial charge in [0.2, 0.25) is 0 Å². The maximum atomic E-state index is 13.4. The van der Waals surface area contributed by atoms with Crippen LogP contribution in [0.2, 0.25) is 0 Å². The fraction of sp³-hybridized carbons (Fsp3) is 0.607. The average molecular weight is 1090 g/mol. The van der Waals surface area contributed by atoms with Gasteiger partial charge in [-0.05, 0) is 122 Å². The smallest absolute Gasteiger partial charge is 0.407 e. The van der Waals surface area contributed by atoms with E-state index in [2.05, 4.69) is 72.6 Å². The van der Waals surface area contributed by atoms with Crippen LogP contribution >= 0.6 is 0 Å². The van der Waals surface area contributed by atoms with Crippen molar-refractivity contribution < 1.29 is 38.0 Å². The van der Waals surface area contributed by atoms with E-state index in [-0.39, 0.29) is 60.7 Å². The Morgan fingerprint density at radius 3 is 1.86 bits per heavy atom. The van der Waals surface area contributed by atoms with Crippen LogP contribution in [0.5, 0.6) is 0 Å². The van der Waals surface area contributed by atoms with Crippen molar-refractivity contribution in [2.24, 2.45) is 74.5 Å². The molecule has 0 radical (unpaired) electrons. The molecule has 3 saturated carbocycles. The molecule has 3 fully saturated rings. The lowest BCUT2D eigenvalue weighted by Gasteiger charge is -2.58. The number of alkyl carbamates (subject to hydrolysis) is 1. The molecule has 6 amide bonds. The van der Waals surface area contributed by atoms with E-state index in [9.17, 15) is 28.8 Å². The highest BCUT2D eigenvalue weighted by Crippen LogP contribution is 2.67. The minimum atomic E-state index is -0.453. The molecular weight excluding hydrogens is 999 g/mol.